The van der Waals surface area contributed by atoms with Crippen LogP contribution in [0.15, 0.2) is 42.5 Å². The molecule has 2 fully saturated rings. The summed E-state index contributed by atoms with van der Waals surface area (Å²) in [5.74, 6) is 2.49. The van der Waals surface area contributed by atoms with Crippen molar-refractivity contribution in [3.8, 4) is 5.75 Å². The summed E-state index contributed by atoms with van der Waals surface area (Å²) >= 11 is 1.87. The van der Waals surface area contributed by atoms with Crippen molar-refractivity contribution >= 4 is 23.6 Å². The van der Waals surface area contributed by atoms with Gasteiger partial charge in [-0.25, -0.2) is 4.39 Å². The minimum Gasteiger partial charge on any atom is -0.481 e. The molecule has 5 nitrogen and oxygen atoms in total. The number of hydrogen-bond donors (Lipinski definition) is 0. The van der Waals surface area contributed by atoms with E-state index in [9.17, 15) is 14.0 Å². The first-order chi connectivity index (χ1) is 16.5. The number of thioether (sulfide) groups is 1. The van der Waals surface area contributed by atoms with Gasteiger partial charge >= 0.3 is 0 Å². The van der Waals surface area contributed by atoms with Crippen LogP contribution in [0.4, 0.5) is 4.39 Å². The third-order valence-corrected chi connectivity index (χ3v) is 7.91. The van der Waals surface area contributed by atoms with E-state index in [1.54, 1.807) is 6.07 Å². The summed E-state index contributed by atoms with van der Waals surface area (Å²) in [4.78, 5) is 30.0. The Morgan fingerprint density at radius 1 is 1.12 bits per heavy atom. The Labute approximate surface area is 204 Å². The highest BCUT2D eigenvalue weighted by Crippen LogP contribution is 2.41. The van der Waals surface area contributed by atoms with Gasteiger partial charge in [0.25, 0.3) is 5.91 Å². The summed E-state index contributed by atoms with van der Waals surface area (Å²) in [6.45, 7) is 4.10. The number of rotatable bonds is 6. The zero-order valence-electron chi connectivity index (χ0n) is 19.5. The second-order valence-corrected chi connectivity index (χ2v) is 10.6. The molecule has 0 bridgehead atoms. The molecular formula is C27H31FN2O3S. The highest BCUT2D eigenvalue weighted by atomic mass is 32.2. The molecule has 2 atom stereocenters. The van der Waals surface area contributed by atoms with Crippen molar-refractivity contribution in [3.05, 3.63) is 65.0 Å². The molecule has 2 aromatic rings. The molecule has 0 spiro atoms. The molecule has 2 heterocycles. The molecule has 180 valence electrons. The first kappa shape index (κ1) is 23.2. The Bertz CT molecular complexity index is 1070. The lowest BCUT2D eigenvalue weighted by Gasteiger charge is -2.38. The SMILES string of the molecule is CC[C@@H](Oc1ccc2c(c1)[C@H](c1cccc(F)c1)N(C(=O)C1CC1)CC2)C(=O)N1CCSCC1. The van der Waals surface area contributed by atoms with Gasteiger partial charge in [-0.15, -0.1) is 0 Å². The van der Waals surface area contributed by atoms with E-state index in [1.165, 1.54) is 12.1 Å². The van der Waals surface area contributed by atoms with Crippen molar-refractivity contribution in [1.29, 1.82) is 0 Å². The molecular weight excluding hydrogens is 451 g/mol. The molecule has 5 rings (SSSR count). The number of carbonyl (C=O) groups is 2. The van der Waals surface area contributed by atoms with Crippen LogP contribution in [0.5, 0.6) is 5.75 Å². The van der Waals surface area contributed by atoms with Crippen molar-refractivity contribution in [2.75, 3.05) is 31.1 Å². The van der Waals surface area contributed by atoms with E-state index in [1.807, 2.05) is 52.8 Å². The summed E-state index contributed by atoms with van der Waals surface area (Å²) in [6, 6.07) is 12.1. The number of ether oxygens (including phenoxy) is 1. The molecule has 1 saturated heterocycles. The topological polar surface area (TPSA) is 49.9 Å². The number of fused-ring (bicyclic) bond motifs is 1. The quantitative estimate of drug-likeness (QED) is 0.611. The van der Waals surface area contributed by atoms with Crippen LogP contribution < -0.4 is 4.74 Å². The molecule has 2 aliphatic heterocycles. The van der Waals surface area contributed by atoms with Crippen molar-refractivity contribution in [2.24, 2.45) is 5.92 Å². The van der Waals surface area contributed by atoms with E-state index < -0.39 is 6.10 Å². The lowest BCUT2D eigenvalue weighted by molar-refractivity contribution is -0.138. The van der Waals surface area contributed by atoms with Crippen molar-refractivity contribution in [2.45, 2.75) is 44.8 Å². The van der Waals surface area contributed by atoms with E-state index in [0.717, 1.165) is 60.5 Å². The number of halogens is 1. The Morgan fingerprint density at radius 2 is 1.91 bits per heavy atom. The van der Waals surface area contributed by atoms with E-state index in [-0.39, 0.29) is 29.6 Å². The van der Waals surface area contributed by atoms with E-state index in [4.69, 9.17) is 4.74 Å². The number of hydrogen-bond acceptors (Lipinski definition) is 4. The van der Waals surface area contributed by atoms with Crippen LogP contribution in [-0.2, 0) is 16.0 Å². The normalized spacial score (nSPS) is 21.1. The van der Waals surface area contributed by atoms with Gasteiger partial charge in [-0.1, -0.05) is 25.1 Å². The van der Waals surface area contributed by atoms with Crippen LogP contribution in [0.3, 0.4) is 0 Å². The number of amides is 2. The first-order valence-electron chi connectivity index (χ1n) is 12.3. The Kier molecular flexibility index (Phi) is 6.82. The number of carbonyl (C=O) groups excluding carboxylic acids is 2. The van der Waals surface area contributed by atoms with Crippen LogP contribution >= 0.6 is 11.8 Å². The molecule has 1 saturated carbocycles. The van der Waals surface area contributed by atoms with Crippen LogP contribution in [0.25, 0.3) is 0 Å². The van der Waals surface area contributed by atoms with Gasteiger partial charge in [-0.05, 0) is 66.6 Å². The lowest BCUT2D eigenvalue weighted by atomic mass is 9.87. The van der Waals surface area contributed by atoms with Crippen molar-refractivity contribution < 1.29 is 18.7 Å². The smallest absolute Gasteiger partial charge is 0.263 e. The molecule has 0 N–H and O–H groups in total. The van der Waals surface area contributed by atoms with Gasteiger partial charge in [-0.2, -0.15) is 11.8 Å². The molecule has 0 radical (unpaired) electrons. The third-order valence-electron chi connectivity index (χ3n) is 6.97. The molecule has 0 unspecified atom stereocenters. The summed E-state index contributed by atoms with van der Waals surface area (Å²) in [5.41, 5.74) is 2.86. The van der Waals surface area contributed by atoms with Gasteiger partial charge in [0.05, 0.1) is 6.04 Å². The van der Waals surface area contributed by atoms with Crippen LogP contribution in [-0.4, -0.2) is 58.9 Å². The maximum atomic E-state index is 14.2. The zero-order chi connectivity index (χ0) is 23.7. The van der Waals surface area contributed by atoms with E-state index in [2.05, 4.69) is 0 Å². The minimum atomic E-state index is -0.540. The Morgan fingerprint density at radius 3 is 2.62 bits per heavy atom. The lowest BCUT2D eigenvalue weighted by Crippen LogP contribution is -2.45. The predicted octanol–water partition coefficient (Wildman–Crippen LogP) is 4.44. The number of benzene rings is 2. The standard InChI is InChI=1S/C27H31FN2O3S/c1-2-24(27(32)29-12-14-34-15-13-29)33-22-9-8-18-10-11-30(26(31)19-6-7-19)25(23(18)17-22)20-4-3-5-21(28)16-20/h3-5,8-9,16-17,19,24-25H,2,6-7,10-15H2,1H3/t24-,25+/m1/s1. The first-order valence-corrected chi connectivity index (χ1v) is 13.4. The third kappa shape index (κ3) is 4.81. The fourth-order valence-electron chi connectivity index (χ4n) is 4.96. The molecule has 2 aromatic carbocycles. The maximum absolute atomic E-state index is 14.2. The van der Waals surface area contributed by atoms with Gasteiger partial charge in [-0.3, -0.25) is 9.59 Å². The molecule has 7 heteroatoms. The largest absolute Gasteiger partial charge is 0.481 e. The molecule has 2 amide bonds. The Balaban J connectivity index is 1.45. The number of nitrogens with zero attached hydrogens (tertiary/aromatic N) is 2. The van der Waals surface area contributed by atoms with Gasteiger partial charge in [0.2, 0.25) is 5.91 Å². The van der Waals surface area contributed by atoms with Crippen LogP contribution in [0.1, 0.15) is 48.9 Å². The van der Waals surface area contributed by atoms with E-state index >= 15 is 0 Å². The highest BCUT2D eigenvalue weighted by molar-refractivity contribution is 7.99. The monoisotopic (exact) mass is 482 g/mol. The molecule has 34 heavy (non-hydrogen) atoms. The van der Waals surface area contributed by atoms with Crippen molar-refractivity contribution in [1.82, 2.24) is 9.80 Å². The highest BCUT2D eigenvalue weighted by Gasteiger charge is 2.40. The van der Waals surface area contributed by atoms with Gasteiger partial charge in [0, 0.05) is 37.1 Å². The maximum Gasteiger partial charge on any atom is 0.263 e. The summed E-state index contributed by atoms with van der Waals surface area (Å²) in [7, 11) is 0. The van der Waals surface area contributed by atoms with Crippen LogP contribution in [0, 0.1) is 11.7 Å². The molecule has 1 aliphatic carbocycles. The average molecular weight is 483 g/mol. The zero-order valence-corrected chi connectivity index (χ0v) is 20.4. The minimum absolute atomic E-state index is 0.0349. The fourth-order valence-corrected chi connectivity index (χ4v) is 5.87. The summed E-state index contributed by atoms with van der Waals surface area (Å²) in [6.07, 6.45) is 2.65. The van der Waals surface area contributed by atoms with E-state index in [0.29, 0.717) is 18.7 Å². The second kappa shape index (κ2) is 9.98. The van der Waals surface area contributed by atoms with Crippen LogP contribution in [0.2, 0.25) is 0 Å². The summed E-state index contributed by atoms with van der Waals surface area (Å²) in [5, 5.41) is 0. The fraction of sp³-hybridized carbons (Fsp3) is 0.481. The van der Waals surface area contributed by atoms with Gasteiger partial charge in [0.1, 0.15) is 11.6 Å². The predicted molar refractivity (Wildman–Crippen MR) is 131 cm³/mol. The second-order valence-electron chi connectivity index (χ2n) is 9.33. The molecule has 0 aromatic heterocycles. The average Bonchev–Trinajstić information content (AvgIpc) is 3.72. The van der Waals surface area contributed by atoms with Crippen molar-refractivity contribution in [3.63, 3.8) is 0 Å². The Hall–Kier alpha value is -2.54. The van der Waals surface area contributed by atoms with Gasteiger partial charge in [0.15, 0.2) is 6.10 Å². The van der Waals surface area contributed by atoms with Gasteiger partial charge < -0.3 is 14.5 Å². The summed E-state index contributed by atoms with van der Waals surface area (Å²) < 4.78 is 20.4. The molecule has 3 aliphatic rings.